The molecule has 54 heavy (non-hydrogen) atoms. The third-order valence-electron chi connectivity index (χ3n) is 10.6. The first-order chi connectivity index (χ1) is 26.8. The highest BCUT2D eigenvalue weighted by atomic mass is 32.1. The Labute approximate surface area is 321 Å². The summed E-state index contributed by atoms with van der Waals surface area (Å²) in [5.41, 5.74) is 6.90. The standard InChI is InChI=1S/C50H32N2S2/c1-4-16-34(17-5-1)51(35-18-6-2-7-19-35)44-24-14-26-48-50(44)43-31-40-38-22-11-10-15-33(38)29-45(41(40)32-49(43)54-48)52(36-20-8-3-9-21-36)37-27-28-47-42(30-37)39-23-12-13-25-46(39)53-47/h1-32H. The fourth-order valence-electron chi connectivity index (χ4n) is 8.19. The molecular weight excluding hydrogens is 693 g/mol. The lowest BCUT2D eigenvalue weighted by Gasteiger charge is -2.28. The summed E-state index contributed by atoms with van der Waals surface area (Å²) in [5.74, 6) is 0. The molecule has 2 aromatic heterocycles. The first-order valence-electron chi connectivity index (χ1n) is 18.3. The van der Waals surface area contributed by atoms with Gasteiger partial charge in [-0.15, -0.1) is 22.7 Å². The maximum Gasteiger partial charge on any atom is 0.0554 e. The van der Waals surface area contributed by atoms with Crippen molar-refractivity contribution < 1.29 is 0 Å². The van der Waals surface area contributed by atoms with Crippen LogP contribution in [0.2, 0.25) is 0 Å². The van der Waals surface area contributed by atoms with Crippen molar-refractivity contribution >= 4 is 119 Å². The van der Waals surface area contributed by atoms with Crippen molar-refractivity contribution in [3.05, 3.63) is 194 Å². The second kappa shape index (κ2) is 12.6. The van der Waals surface area contributed by atoms with E-state index in [-0.39, 0.29) is 0 Å². The van der Waals surface area contributed by atoms with Crippen molar-refractivity contribution in [2.45, 2.75) is 0 Å². The summed E-state index contributed by atoms with van der Waals surface area (Å²) in [7, 11) is 0. The molecule has 2 nitrogen and oxygen atoms in total. The summed E-state index contributed by atoms with van der Waals surface area (Å²) in [6.07, 6.45) is 0. The summed E-state index contributed by atoms with van der Waals surface area (Å²) in [4.78, 5) is 4.85. The maximum absolute atomic E-state index is 2.46. The van der Waals surface area contributed by atoms with Crippen LogP contribution in [0.4, 0.5) is 34.1 Å². The molecular formula is C50H32N2S2. The van der Waals surface area contributed by atoms with E-state index < -0.39 is 0 Å². The van der Waals surface area contributed by atoms with E-state index in [4.69, 9.17) is 0 Å². The van der Waals surface area contributed by atoms with Gasteiger partial charge in [0, 0.05) is 68.5 Å². The molecule has 0 unspecified atom stereocenters. The van der Waals surface area contributed by atoms with E-state index in [1.54, 1.807) is 0 Å². The summed E-state index contributed by atoms with van der Waals surface area (Å²) >= 11 is 3.74. The lowest BCUT2D eigenvalue weighted by molar-refractivity contribution is 1.30. The van der Waals surface area contributed by atoms with Gasteiger partial charge in [0.2, 0.25) is 0 Å². The Morgan fingerprint density at radius 1 is 0.278 bits per heavy atom. The van der Waals surface area contributed by atoms with Crippen LogP contribution < -0.4 is 9.80 Å². The normalized spacial score (nSPS) is 11.7. The first-order valence-corrected chi connectivity index (χ1v) is 19.9. The van der Waals surface area contributed by atoms with E-state index >= 15 is 0 Å². The van der Waals surface area contributed by atoms with Crippen molar-refractivity contribution in [3.63, 3.8) is 0 Å². The zero-order valence-electron chi connectivity index (χ0n) is 29.2. The summed E-state index contributed by atoms with van der Waals surface area (Å²) in [6, 6.07) is 70.9. The number of benzene rings is 9. The molecule has 0 spiro atoms. The molecule has 11 rings (SSSR count). The van der Waals surface area contributed by atoms with Crippen LogP contribution in [0.25, 0.3) is 61.9 Å². The van der Waals surface area contributed by atoms with E-state index in [0.717, 1.165) is 22.7 Å². The zero-order valence-corrected chi connectivity index (χ0v) is 30.8. The van der Waals surface area contributed by atoms with Gasteiger partial charge < -0.3 is 9.80 Å². The lowest BCUT2D eigenvalue weighted by Crippen LogP contribution is -2.10. The third-order valence-corrected chi connectivity index (χ3v) is 12.8. The molecule has 0 N–H and O–H groups in total. The summed E-state index contributed by atoms with van der Waals surface area (Å²) in [5, 5.41) is 10.1. The van der Waals surface area contributed by atoms with Crippen LogP contribution in [0.5, 0.6) is 0 Å². The molecule has 11 aromatic rings. The molecule has 0 aliphatic rings. The van der Waals surface area contributed by atoms with Crippen LogP contribution in [0.15, 0.2) is 194 Å². The number of hydrogen-bond acceptors (Lipinski definition) is 4. The molecule has 0 aliphatic carbocycles. The molecule has 0 radical (unpaired) electrons. The number of thiophene rings is 2. The van der Waals surface area contributed by atoms with Crippen molar-refractivity contribution in [2.75, 3.05) is 9.80 Å². The highest BCUT2D eigenvalue weighted by Gasteiger charge is 2.22. The summed E-state index contributed by atoms with van der Waals surface area (Å²) < 4.78 is 5.17. The van der Waals surface area contributed by atoms with Gasteiger partial charge in [0.05, 0.1) is 11.4 Å². The number of rotatable bonds is 6. The quantitative estimate of drug-likeness (QED) is 0.158. The topological polar surface area (TPSA) is 6.48 Å². The second-order valence-corrected chi connectivity index (χ2v) is 15.9. The molecule has 254 valence electrons. The third kappa shape index (κ3) is 4.99. The number of hydrogen-bond donors (Lipinski definition) is 0. The molecule has 0 saturated carbocycles. The van der Waals surface area contributed by atoms with Gasteiger partial charge in [-0.1, -0.05) is 103 Å². The van der Waals surface area contributed by atoms with E-state index in [2.05, 4.69) is 204 Å². The average molecular weight is 725 g/mol. The van der Waals surface area contributed by atoms with Crippen molar-refractivity contribution in [1.82, 2.24) is 0 Å². The average Bonchev–Trinajstić information content (AvgIpc) is 3.80. The van der Waals surface area contributed by atoms with Crippen LogP contribution in [0, 0.1) is 0 Å². The number of fused-ring (bicyclic) bond motifs is 9. The van der Waals surface area contributed by atoms with Gasteiger partial charge in [-0.25, -0.2) is 0 Å². The highest BCUT2D eigenvalue weighted by molar-refractivity contribution is 7.26. The Kier molecular flexibility index (Phi) is 7.25. The second-order valence-electron chi connectivity index (χ2n) is 13.7. The minimum absolute atomic E-state index is 1.13. The SMILES string of the molecule is c1ccc(N(c2ccc3sc4ccccc4c3c2)c2cc3ccccc3c3cc4c(cc23)sc2cccc(N(c3ccccc3)c3ccccc3)c24)cc1. The molecule has 4 heteroatoms. The minimum Gasteiger partial charge on any atom is -0.310 e. The molecule has 9 aromatic carbocycles. The van der Waals surface area contributed by atoms with Crippen LogP contribution in [0.3, 0.4) is 0 Å². The maximum atomic E-state index is 2.46. The molecule has 0 aliphatic heterocycles. The first kappa shape index (κ1) is 31.1. The molecule has 2 heterocycles. The Hall–Kier alpha value is -6.46. The van der Waals surface area contributed by atoms with Gasteiger partial charge in [-0.2, -0.15) is 0 Å². The molecule has 0 amide bonds. The van der Waals surface area contributed by atoms with Gasteiger partial charge >= 0.3 is 0 Å². The monoisotopic (exact) mass is 724 g/mol. The summed E-state index contributed by atoms with van der Waals surface area (Å²) in [6.45, 7) is 0. The predicted molar refractivity (Wildman–Crippen MR) is 237 cm³/mol. The van der Waals surface area contributed by atoms with Gasteiger partial charge in [0.1, 0.15) is 0 Å². The largest absolute Gasteiger partial charge is 0.310 e. The number of para-hydroxylation sites is 3. The smallest absolute Gasteiger partial charge is 0.0554 e. The van der Waals surface area contributed by atoms with Crippen molar-refractivity contribution in [1.29, 1.82) is 0 Å². The van der Waals surface area contributed by atoms with Gasteiger partial charge in [0.15, 0.2) is 0 Å². The van der Waals surface area contributed by atoms with Crippen LogP contribution in [-0.4, -0.2) is 0 Å². The van der Waals surface area contributed by atoms with E-state index in [9.17, 15) is 0 Å². The number of anilines is 6. The highest BCUT2D eigenvalue weighted by Crippen LogP contribution is 2.49. The van der Waals surface area contributed by atoms with Crippen LogP contribution in [0.1, 0.15) is 0 Å². The molecule has 0 fully saturated rings. The van der Waals surface area contributed by atoms with Gasteiger partial charge in [-0.3, -0.25) is 0 Å². The number of nitrogens with zero attached hydrogens (tertiary/aromatic N) is 2. The molecule has 0 atom stereocenters. The van der Waals surface area contributed by atoms with Gasteiger partial charge in [0.25, 0.3) is 0 Å². The molecule has 0 bridgehead atoms. The predicted octanol–water partition coefficient (Wildman–Crippen LogP) is 15.7. The fourth-order valence-corrected chi connectivity index (χ4v) is 10.4. The Morgan fingerprint density at radius 2 is 0.852 bits per heavy atom. The fraction of sp³-hybridized carbons (Fsp3) is 0. The Morgan fingerprint density at radius 3 is 1.57 bits per heavy atom. The van der Waals surface area contributed by atoms with E-state index in [1.807, 2.05) is 22.7 Å². The zero-order chi connectivity index (χ0) is 35.6. The van der Waals surface area contributed by atoms with E-state index in [0.29, 0.717) is 0 Å². The molecule has 0 saturated heterocycles. The Balaban J connectivity index is 1.20. The van der Waals surface area contributed by atoms with Crippen LogP contribution in [-0.2, 0) is 0 Å². The lowest BCUT2D eigenvalue weighted by atomic mass is 9.96. The minimum atomic E-state index is 1.13. The Bertz CT molecular complexity index is 3130. The van der Waals surface area contributed by atoms with E-state index in [1.165, 1.54) is 73.3 Å². The van der Waals surface area contributed by atoms with Crippen molar-refractivity contribution in [2.24, 2.45) is 0 Å². The van der Waals surface area contributed by atoms with Crippen LogP contribution >= 0.6 is 22.7 Å². The van der Waals surface area contributed by atoms with Gasteiger partial charge in [-0.05, 0) is 107 Å². The van der Waals surface area contributed by atoms with Crippen molar-refractivity contribution in [3.8, 4) is 0 Å².